The van der Waals surface area contributed by atoms with Crippen molar-refractivity contribution in [1.29, 1.82) is 0 Å². The van der Waals surface area contributed by atoms with Gasteiger partial charge in [-0.05, 0) is 18.6 Å². The molecule has 0 aliphatic rings. The maximum Gasteiger partial charge on any atom is 0.165 e. The number of aromatic hydroxyl groups is 1. The Labute approximate surface area is 63.3 Å². The topological polar surface area (TPSA) is 20.2 Å². The molecule has 0 saturated carbocycles. The first-order valence-corrected chi connectivity index (χ1v) is 3.32. The summed E-state index contributed by atoms with van der Waals surface area (Å²) >= 11 is 0. The van der Waals surface area contributed by atoms with Crippen LogP contribution in [0.2, 0.25) is 0 Å². The van der Waals surface area contributed by atoms with Gasteiger partial charge in [0.15, 0.2) is 11.6 Å². The Morgan fingerprint density at radius 2 is 2.00 bits per heavy atom. The van der Waals surface area contributed by atoms with E-state index in [1.165, 1.54) is 0 Å². The minimum Gasteiger partial charge on any atom is -0.508 e. The molecule has 0 aliphatic carbocycles. The van der Waals surface area contributed by atoms with Crippen molar-refractivity contribution in [2.75, 3.05) is 0 Å². The summed E-state index contributed by atoms with van der Waals surface area (Å²) in [6.07, 6.45) is 0.287. The molecule has 0 spiro atoms. The highest BCUT2D eigenvalue weighted by atomic mass is 19.2. The minimum absolute atomic E-state index is 0.0324. The molecule has 0 radical (unpaired) electrons. The number of rotatable bonds is 1. The smallest absolute Gasteiger partial charge is 0.165 e. The molecule has 3 heteroatoms. The normalized spacial score (nSPS) is 10.1. The quantitative estimate of drug-likeness (QED) is 0.664. The lowest BCUT2D eigenvalue weighted by molar-refractivity contribution is 0.443. The summed E-state index contributed by atoms with van der Waals surface area (Å²) in [5, 5.41) is 9.01. The lowest BCUT2D eigenvalue weighted by atomic mass is 10.1. The molecule has 1 nitrogen and oxygen atoms in total. The predicted octanol–water partition coefficient (Wildman–Crippen LogP) is 2.23. The van der Waals surface area contributed by atoms with E-state index in [1.54, 1.807) is 6.92 Å². The number of benzene rings is 1. The fraction of sp³-hybridized carbons (Fsp3) is 0.250. The van der Waals surface area contributed by atoms with Crippen molar-refractivity contribution in [3.63, 3.8) is 0 Å². The van der Waals surface area contributed by atoms with Crippen molar-refractivity contribution >= 4 is 0 Å². The summed E-state index contributed by atoms with van der Waals surface area (Å²) in [6.45, 7) is 1.65. The molecule has 60 valence electrons. The zero-order chi connectivity index (χ0) is 8.43. The maximum absolute atomic E-state index is 12.7. The first kappa shape index (κ1) is 7.98. The zero-order valence-electron chi connectivity index (χ0n) is 6.06. The number of phenols is 1. The van der Waals surface area contributed by atoms with Crippen LogP contribution in [0.1, 0.15) is 12.5 Å². The van der Waals surface area contributed by atoms with Crippen LogP contribution in [0.15, 0.2) is 12.1 Å². The first-order chi connectivity index (χ1) is 5.16. The number of halogens is 2. The summed E-state index contributed by atoms with van der Waals surface area (Å²) in [5.74, 6) is -2.06. The van der Waals surface area contributed by atoms with Crippen LogP contribution < -0.4 is 0 Å². The van der Waals surface area contributed by atoms with E-state index in [1.807, 2.05) is 0 Å². The number of phenolic OH excluding ortho intramolecular Hbond substituents is 1. The minimum atomic E-state index is -0.951. The Hall–Kier alpha value is -1.12. The van der Waals surface area contributed by atoms with Crippen LogP contribution in [-0.2, 0) is 6.42 Å². The Morgan fingerprint density at radius 3 is 2.45 bits per heavy atom. The van der Waals surface area contributed by atoms with Crippen molar-refractivity contribution < 1.29 is 13.9 Å². The molecule has 0 aromatic heterocycles. The molecule has 0 amide bonds. The predicted molar refractivity (Wildman–Crippen MR) is 37.4 cm³/mol. The van der Waals surface area contributed by atoms with Crippen LogP contribution in [0.25, 0.3) is 0 Å². The van der Waals surface area contributed by atoms with Crippen molar-refractivity contribution in [3.8, 4) is 5.75 Å². The molecule has 11 heavy (non-hydrogen) atoms. The fourth-order valence-electron chi connectivity index (χ4n) is 0.919. The van der Waals surface area contributed by atoms with Crippen LogP contribution in [0.4, 0.5) is 8.78 Å². The van der Waals surface area contributed by atoms with Gasteiger partial charge in [0, 0.05) is 5.56 Å². The van der Waals surface area contributed by atoms with Gasteiger partial charge in [0.05, 0.1) is 0 Å². The van der Waals surface area contributed by atoms with Gasteiger partial charge < -0.3 is 5.11 Å². The highest BCUT2D eigenvalue weighted by Gasteiger charge is 2.10. The monoisotopic (exact) mass is 158 g/mol. The van der Waals surface area contributed by atoms with Crippen LogP contribution in [-0.4, -0.2) is 5.11 Å². The van der Waals surface area contributed by atoms with Crippen molar-refractivity contribution in [2.45, 2.75) is 13.3 Å². The molecule has 0 aliphatic heterocycles. The SMILES string of the molecule is CCc1c(O)ccc(F)c1F. The molecular weight excluding hydrogens is 150 g/mol. The summed E-state index contributed by atoms with van der Waals surface area (Å²) in [4.78, 5) is 0. The van der Waals surface area contributed by atoms with E-state index in [9.17, 15) is 8.78 Å². The molecule has 0 heterocycles. The average molecular weight is 158 g/mol. The number of hydrogen-bond acceptors (Lipinski definition) is 1. The first-order valence-electron chi connectivity index (χ1n) is 3.32. The highest BCUT2D eigenvalue weighted by Crippen LogP contribution is 2.22. The molecule has 1 aromatic carbocycles. The molecule has 1 aromatic rings. The van der Waals surface area contributed by atoms with E-state index >= 15 is 0 Å². The second-order valence-corrected chi connectivity index (χ2v) is 2.21. The second-order valence-electron chi connectivity index (χ2n) is 2.21. The van der Waals surface area contributed by atoms with Crippen LogP contribution in [0.5, 0.6) is 5.75 Å². The Morgan fingerprint density at radius 1 is 1.36 bits per heavy atom. The van der Waals surface area contributed by atoms with Gasteiger partial charge in [-0.1, -0.05) is 6.92 Å². The van der Waals surface area contributed by atoms with E-state index < -0.39 is 11.6 Å². The zero-order valence-corrected chi connectivity index (χ0v) is 6.06. The molecule has 0 saturated heterocycles. The molecule has 0 atom stereocenters. The van der Waals surface area contributed by atoms with E-state index in [2.05, 4.69) is 0 Å². The van der Waals surface area contributed by atoms with Crippen LogP contribution in [0, 0.1) is 11.6 Å². The highest BCUT2D eigenvalue weighted by molar-refractivity contribution is 5.33. The molecule has 1 rings (SSSR count). The third-order valence-electron chi connectivity index (χ3n) is 1.52. The maximum atomic E-state index is 12.7. The second kappa shape index (κ2) is 2.86. The van der Waals surface area contributed by atoms with E-state index in [0.29, 0.717) is 0 Å². The van der Waals surface area contributed by atoms with Crippen LogP contribution >= 0.6 is 0 Å². The van der Waals surface area contributed by atoms with Gasteiger partial charge in [0.2, 0.25) is 0 Å². The van der Waals surface area contributed by atoms with Gasteiger partial charge in [-0.3, -0.25) is 0 Å². The van der Waals surface area contributed by atoms with Gasteiger partial charge in [-0.2, -0.15) is 0 Å². The van der Waals surface area contributed by atoms with Crippen LogP contribution in [0.3, 0.4) is 0 Å². The third kappa shape index (κ3) is 1.31. The largest absolute Gasteiger partial charge is 0.508 e. The van der Waals surface area contributed by atoms with Gasteiger partial charge in [0.25, 0.3) is 0 Å². The van der Waals surface area contributed by atoms with E-state index in [4.69, 9.17) is 5.11 Å². The molecular formula is C8H8F2O. The standard InChI is InChI=1S/C8H8F2O/c1-2-5-7(11)4-3-6(9)8(5)10/h3-4,11H,2H2,1H3. The van der Waals surface area contributed by atoms with Gasteiger partial charge >= 0.3 is 0 Å². The van der Waals surface area contributed by atoms with Gasteiger partial charge in [0.1, 0.15) is 5.75 Å². The molecule has 0 bridgehead atoms. The van der Waals surface area contributed by atoms with Crippen molar-refractivity contribution in [1.82, 2.24) is 0 Å². The summed E-state index contributed by atoms with van der Waals surface area (Å²) < 4.78 is 25.2. The molecule has 0 unspecified atom stereocenters. The summed E-state index contributed by atoms with van der Waals surface area (Å²) in [7, 11) is 0. The lowest BCUT2D eigenvalue weighted by Crippen LogP contribution is -1.92. The van der Waals surface area contributed by atoms with Gasteiger partial charge in [-0.25, -0.2) is 8.78 Å². The fourth-order valence-corrected chi connectivity index (χ4v) is 0.919. The molecule has 0 fully saturated rings. The van der Waals surface area contributed by atoms with Gasteiger partial charge in [-0.15, -0.1) is 0 Å². The van der Waals surface area contributed by atoms with E-state index in [0.717, 1.165) is 12.1 Å². The van der Waals surface area contributed by atoms with Crippen molar-refractivity contribution in [3.05, 3.63) is 29.3 Å². The Bertz CT molecular complexity index is 271. The summed E-state index contributed by atoms with van der Waals surface area (Å²) in [6, 6.07) is 2.06. The van der Waals surface area contributed by atoms with E-state index in [-0.39, 0.29) is 17.7 Å². The molecule has 1 N–H and O–H groups in total. The van der Waals surface area contributed by atoms with Crippen molar-refractivity contribution in [2.24, 2.45) is 0 Å². The summed E-state index contributed by atoms with van der Waals surface area (Å²) in [5.41, 5.74) is 0.0324. The average Bonchev–Trinajstić information content (AvgIpc) is 1.99. The Balaban J connectivity index is 3.29. The third-order valence-corrected chi connectivity index (χ3v) is 1.52. The Kier molecular flexibility index (Phi) is 2.08. The number of hydrogen-bond donors (Lipinski definition) is 1. The lowest BCUT2D eigenvalue weighted by Gasteiger charge is -2.02.